The average Bonchev–Trinajstić information content (AvgIpc) is 2.84. The third-order valence-corrected chi connectivity index (χ3v) is 5.22. The molecule has 118 valence electrons. The van der Waals surface area contributed by atoms with Crippen LogP contribution in [0.15, 0.2) is 24.3 Å². The van der Waals surface area contributed by atoms with Gasteiger partial charge in [0.2, 0.25) is 0 Å². The van der Waals surface area contributed by atoms with Gasteiger partial charge in [0.1, 0.15) is 0 Å². The lowest BCUT2D eigenvalue weighted by atomic mass is 9.69. The first-order valence-electron chi connectivity index (χ1n) is 7.36. The van der Waals surface area contributed by atoms with Crippen LogP contribution in [0, 0.1) is 0 Å². The molecule has 0 radical (unpaired) electrons. The molecule has 1 aromatic rings. The first kappa shape index (κ1) is 15.4. The highest BCUT2D eigenvalue weighted by atomic mass is 35.5. The maximum atomic E-state index is 11.8. The highest BCUT2D eigenvalue weighted by Gasteiger charge is 2.48. The maximum Gasteiger partial charge on any atom is 0.179 e. The molecule has 1 fully saturated rings. The number of likely N-dealkylation sites (N-methyl/N-ethyl adjacent to an activating group) is 1. The number of ketones is 1. The van der Waals surface area contributed by atoms with Gasteiger partial charge in [-0.05, 0) is 43.8 Å². The molecule has 0 bridgehead atoms. The third kappa shape index (κ3) is 2.22. The number of fused-ring (bicyclic) bond motifs is 1. The van der Waals surface area contributed by atoms with Gasteiger partial charge < -0.3 is 14.4 Å². The van der Waals surface area contributed by atoms with E-state index in [9.17, 15) is 4.79 Å². The molecule has 0 aromatic heterocycles. The van der Waals surface area contributed by atoms with E-state index in [0.29, 0.717) is 22.9 Å². The number of hydrogen-bond donors (Lipinski definition) is 0. The Kier molecular flexibility index (Phi) is 3.91. The second-order valence-corrected chi connectivity index (χ2v) is 6.39. The fourth-order valence-corrected chi connectivity index (χ4v) is 4.02. The second kappa shape index (κ2) is 5.60. The highest BCUT2D eigenvalue weighted by molar-refractivity contribution is 6.32. The van der Waals surface area contributed by atoms with Crippen LogP contribution >= 0.6 is 11.6 Å². The van der Waals surface area contributed by atoms with Crippen LogP contribution < -0.4 is 9.47 Å². The van der Waals surface area contributed by atoms with Crippen molar-refractivity contribution in [3.05, 3.63) is 34.9 Å². The van der Waals surface area contributed by atoms with Gasteiger partial charge in [-0.3, -0.25) is 4.79 Å². The number of allylic oxidation sites excluding steroid dienone is 1. The standard InChI is InChI=1S/C17H20ClNO3/c1-19-7-6-17(5-4-12(20)10-15(17)19)11-8-13(18)16(22-3)14(9-11)21-2/h4-5,8-9,15H,6-7,10H2,1-3H3. The number of ether oxygens (including phenoxy) is 2. The Morgan fingerprint density at radius 3 is 2.77 bits per heavy atom. The molecule has 5 heteroatoms. The molecule has 4 nitrogen and oxygen atoms in total. The SMILES string of the molecule is COc1cc(C23C=CC(=O)CC2N(C)CC3)cc(Cl)c1OC. The lowest BCUT2D eigenvalue weighted by Gasteiger charge is -2.37. The van der Waals surface area contributed by atoms with E-state index in [1.807, 2.05) is 18.2 Å². The van der Waals surface area contributed by atoms with E-state index in [2.05, 4.69) is 11.9 Å². The molecule has 2 aliphatic rings. The third-order valence-electron chi connectivity index (χ3n) is 4.94. The molecule has 1 aromatic carbocycles. The molecule has 0 N–H and O–H groups in total. The average molecular weight is 322 g/mol. The number of methoxy groups -OCH3 is 2. The minimum Gasteiger partial charge on any atom is -0.493 e. The fourth-order valence-electron chi connectivity index (χ4n) is 3.73. The fraction of sp³-hybridized carbons (Fsp3) is 0.471. The van der Waals surface area contributed by atoms with Crippen LogP contribution in [0.5, 0.6) is 11.5 Å². The predicted octanol–water partition coefficient (Wildman–Crippen LogP) is 2.83. The molecule has 0 amide bonds. The normalized spacial score (nSPS) is 27.8. The van der Waals surface area contributed by atoms with Crippen LogP contribution in [0.4, 0.5) is 0 Å². The van der Waals surface area contributed by atoms with Gasteiger partial charge >= 0.3 is 0 Å². The Morgan fingerprint density at radius 2 is 2.09 bits per heavy atom. The van der Waals surface area contributed by atoms with Gasteiger partial charge in [-0.15, -0.1) is 0 Å². The van der Waals surface area contributed by atoms with Crippen LogP contribution in [0.1, 0.15) is 18.4 Å². The molecule has 1 aliphatic heterocycles. The van der Waals surface area contributed by atoms with Crippen molar-refractivity contribution in [3.63, 3.8) is 0 Å². The summed E-state index contributed by atoms with van der Waals surface area (Å²) in [5.74, 6) is 1.35. The summed E-state index contributed by atoms with van der Waals surface area (Å²) in [5.41, 5.74) is 0.888. The number of hydrogen-bond acceptors (Lipinski definition) is 4. The summed E-state index contributed by atoms with van der Waals surface area (Å²) in [4.78, 5) is 14.1. The summed E-state index contributed by atoms with van der Waals surface area (Å²) < 4.78 is 10.7. The number of likely N-dealkylation sites (tertiary alicyclic amines) is 1. The Balaban J connectivity index is 2.15. The summed E-state index contributed by atoms with van der Waals surface area (Å²) >= 11 is 6.38. The van der Waals surface area contributed by atoms with E-state index < -0.39 is 0 Å². The number of carbonyl (C=O) groups excluding carboxylic acids is 1. The number of rotatable bonds is 3. The van der Waals surface area contributed by atoms with Crippen molar-refractivity contribution in [1.82, 2.24) is 4.90 Å². The quantitative estimate of drug-likeness (QED) is 0.858. The first-order valence-corrected chi connectivity index (χ1v) is 7.74. The van der Waals surface area contributed by atoms with Gasteiger partial charge in [0.05, 0.1) is 19.2 Å². The first-order chi connectivity index (χ1) is 10.5. The second-order valence-electron chi connectivity index (χ2n) is 5.98. The van der Waals surface area contributed by atoms with Crippen molar-refractivity contribution >= 4 is 17.4 Å². The van der Waals surface area contributed by atoms with Gasteiger partial charge in [-0.25, -0.2) is 0 Å². The van der Waals surface area contributed by atoms with Crippen molar-refractivity contribution < 1.29 is 14.3 Å². The number of benzene rings is 1. The van der Waals surface area contributed by atoms with Crippen molar-refractivity contribution in [2.24, 2.45) is 0 Å². The minimum atomic E-state index is -0.189. The highest BCUT2D eigenvalue weighted by Crippen LogP contribution is 2.48. The molecule has 0 spiro atoms. The van der Waals surface area contributed by atoms with Gasteiger partial charge in [-0.1, -0.05) is 17.7 Å². The predicted molar refractivity (Wildman–Crippen MR) is 86.0 cm³/mol. The summed E-state index contributed by atoms with van der Waals surface area (Å²) in [7, 11) is 5.25. The Bertz CT molecular complexity index is 643. The van der Waals surface area contributed by atoms with Crippen LogP contribution in [-0.4, -0.2) is 44.5 Å². The molecular weight excluding hydrogens is 302 g/mol. The Hall–Kier alpha value is -1.52. The van der Waals surface area contributed by atoms with Crippen LogP contribution in [0.3, 0.4) is 0 Å². The zero-order valence-electron chi connectivity index (χ0n) is 13.1. The number of nitrogens with zero attached hydrogens (tertiary/aromatic N) is 1. The molecule has 2 atom stereocenters. The lowest BCUT2D eigenvalue weighted by Crippen LogP contribution is -2.43. The van der Waals surface area contributed by atoms with Gasteiger partial charge in [-0.2, -0.15) is 0 Å². The molecule has 2 unspecified atom stereocenters. The monoisotopic (exact) mass is 321 g/mol. The van der Waals surface area contributed by atoms with E-state index in [1.165, 1.54) is 0 Å². The van der Waals surface area contributed by atoms with E-state index in [0.717, 1.165) is 18.5 Å². The summed E-state index contributed by atoms with van der Waals surface area (Å²) in [6.07, 6.45) is 5.26. The van der Waals surface area contributed by atoms with Gasteiger partial charge in [0.15, 0.2) is 17.3 Å². The number of halogens is 1. The van der Waals surface area contributed by atoms with Crippen LogP contribution in [-0.2, 0) is 10.2 Å². The largest absolute Gasteiger partial charge is 0.493 e. The molecule has 0 saturated carbocycles. The maximum absolute atomic E-state index is 11.8. The number of carbonyl (C=O) groups is 1. The lowest BCUT2D eigenvalue weighted by molar-refractivity contribution is -0.116. The van der Waals surface area contributed by atoms with Crippen molar-refractivity contribution in [1.29, 1.82) is 0 Å². The van der Waals surface area contributed by atoms with E-state index in [-0.39, 0.29) is 17.2 Å². The zero-order chi connectivity index (χ0) is 15.9. The summed E-state index contributed by atoms with van der Waals surface area (Å²) in [6.45, 7) is 0.953. The Morgan fingerprint density at radius 1 is 1.32 bits per heavy atom. The van der Waals surface area contributed by atoms with Crippen molar-refractivity contribution in [2.75, 3.05) is 27.8 Å². The summed E-state index contributed by atoms with van der Waals surface area (Å²) in [5, 5.41) is 0.532. The molecule has 1 heterocycles. The van der Waals surface area contributed by atoms with Crippen molar-refractivity contribution in [3.8, 4) is 11.5 Å². The Labute approximate surface area is 135 Å². The smallest absolute Gasteiger partial charge is 0.179 e. The zero-order valence-corrected chi connectivity index (χ0v) is 13.8. The molecule has 1 aliphatic carbocycles. The van der Waals surface area contributed by atoms with Crippen molar-refractivity contribution in [2.45, 2.75) is 24.3 Å². The van der Waals surface area contributed by atoms with E-state index in [1.54, 1.807) is 20.3 Å². The van der Waals surface area contributed by atoms with Crippen LogP contribution in [0.2, 0.25) is 5.02 Å². The topological polar surface area (TPSA) is 38.8 Å². The van der Waals surface area contributed by atoms with E-state index >= 15 is 0 Å². The van der Waals surface area contributed by atoms with Gasteiger partial charge in [0.25, 0.3) is 0 Å². The molecule has 3 rings (SSSR count). The van der Waals surface area contributed by atoms with Gasteiger partial charge in [0, 0.05) is 17.9 Å². The minimum absolute atomic E-state index is 0.166. The van der Waals surface area contributed by atoms with Crippen LogP contribution in [0.25, 0.3) is 0 Å². The molecule has 1 saturated heterocycles. The molecular formula is C17H20ClNO3. The van der Waals surface area contributed by atoms with E-state index in [4.69, 9.17) is 21.1 Å². The summed E-state index contributed by atoms with van der Waals surface area (Å²) in [6, 6.07) is 4.09. The molecule has 22 heavy (non-hydrogen) atoms.